The van der Waals surface area contributed by atoms with E-state index in [1.807, 2.05) is 0 Å². The fraction of sp³-hybridized carbons (Fsp3) is 1.00. The van der Waals surface area contributed by atoms with Gasteiger partial charge in [0.05, 0.1) is 6.10 Å². The second-order valence-corrected chi connectivity index (χ2v) is 9.72. The molecule has 3 saturated carbocycles. The first kappa shape index (κ1) is 16.7. The fourth-order valence-electron chi connectivity index (χ4n) is 6.71. The van der Waals surface area contributed by atoms with E-state index in [2.05, 4.69) is 34.6 Å². The van der Waals surface area contributed by atoms with Crippen molar-refractivity contribution < 1.29 is 9.50 Å². The van der Waals surface area contributed by atoms with Gasteiger partial charge < -0.3 is 5.11 Å². The third kappa shape index (κ3) is 2.36. The molecule has 0 amide bonds. The van der Waals surface area contributed by atoms with E-state index in [9.17, 15) is 9.50 Å². The van der Waals surface area contributed by atoms with Gasteiger partial charge in [-0.3, -0.25) is 0 Å². The summed E-state index contributed by atoms with van der Waals surface area (Å²) in [4.78, 5) is 0. The first-order valence-corrected chi connectivity index (χ1v) is 9.50. The number of halogens is 1. The zero-order valence-corrected chi connectivity index (χ0v) is 15.1. The summed E-state index contributed by atoms with van der Waals surface area (Å²) in [5, 5.41) is 10.7. The molecule has 1 N–H and O–H groups in total. The fourth-order valence-corrected chi connectivity index (χ4v) is 6.71. The Hall–Kier alpha value is -0.110. The van der Waals surface area contributed by atoms with Crippen LogP contribution in [0.3, 0.4) is 0 Å². The van der Waals surface area contributed by atoms with Crippen LogP contribution in [0.15, 0.2) is 0 Å². The van der Waals surface area contributed by atoms with Crippen molar-refractivity contribution in [1.82, 2.24) is 0 Å². The monoisotopic (exact) mass is 310 g/mol. The molecule has 2 heteroatoms. The maximum absolute atomic E-state index is 15.0. The van der Waals surface area contributed by atoms with E-state index in [0.29, 0.717) is 23.7 Å². The van der Waals surface area contributed by atoms with E-state index in [4.69, 9.17) is 0 Å². The van der Waals surface area contributed by atoms with Crippen LogP contribution >= 0.6 is 0 Å². The summed E-state index contributed by atoms with van der Waals surface area (Å²) in [5.41, 5.74) is 0.0992. The van der Waals surface area contributed by atoms with Crippen LogP contribution in [0.1, 0.15) is 73.1 Å². The molecular formula is C20H35FO. The van der Waals surface area contributed by atoms with Gasteiger partial charge in [-0.15, -0.1) is 0 Å². The Morgan fingerprint density at radius 3 is 2.23 bits per heavy atom. The molecule has 3 aliphatic rings. The van der Waals surface area contributed by atoms with Gasteiger partial charge in [0, 0.05) is 0 Å². The second kappa shape index (κ2) is 5.46. The highest BCUT2D eigenvalue weighted by Gasteiger charge is 2.55. The lowest BCUT2D eigenvalue weighted by Crippen LogP contribution is -2.54. The van der Waals surface area contributed by atoms with E-state index >= 15 is 0 Å². The summed E-state index contributed by atoms with van der Waals surface area (Å²) < 4.78 is 15.0. The molecule has 0 aromatic heterocycles. The highest BCUT2D eigenvalue weighted by Crippen LogP contribution is 2.60. The van der Waals surface area contributed by atoms with Crippen LogP contribution in [0.5, 0.6) is 0 Å². The molecule has 0 radical (unpaired) electrons. The quantitative estimate of drug-likeness (QED) is 0.650. The zero-order valence-electron chi connectivity index (χ0n) is 15.1. The standard InChI is InChI=1S/C20H35FO/c1-12-6-7-18(22)20(5)9-8-14-13(2)10-17(21)16(11-15(12)20)19(14,3)4/h12-18,22H,6-11H2,1-5H3/t12-,13-,14+,15-,16-,17?,18?,20+/m1/s1. The van der Waals surface area contributed by atoms with Crippen LogP contribution in [-0.2, 0) is 0 Å². The largest absolute Gasteiger partial charge is 0.393 e. The number of aliphatic hydroxyl groups is 1. The SMILES string of the molecule is C[C@@H]1CCC(O)[C@@]2(C)CC[C@H]3[C@H](C)CC(F)[C@@H](C[C@H]12)C3(C)C. The summed E-state index contributed by atoms with van der Waals surface area (Å²) in [6, 6.07) is 0. The summed E-state index contributed by atoms with van der Waals surface area (Å²) >= 11 is 0. The maximum atomic E-state index is 15.0. The van der Waals surface area contributed by atoms with Gasteiger partial charge in [-0.05, 0) is 78.9 Å². The van der Waals surface area contributed by atoms with Gasteiger partial charge in [0.15, 0.2) is 0 Å². The molecule has 128 valence electrons. The Morgan fingerprint density at radius 2 is 1.55 bits per heavy atom. The number of rotatable bonds is 0. The van der Waals surface area contributed by atoms with Gasteiger partial charge in [-0.25, -0.2) is 4.39 Å². The first-order chi connectivity index (χ1) is 10.2. The van der Waals surface area contributed by atoms with Gasteiger partial charge in [0.25, 0.3) is 0 Å². The van der Waals surface area contributed by atoms with Crippen molar-refractivity contribution in [1.29, 1.82) is 0 Å². The predicted molar refractivity (Wildman–Crippen MR) is 89.3 cm³/mol. The second-order valence-electron chi connectivity index (χ2n) is 9.72. The highest BCUT2D eigenvalue weighted by molar-refractivity contribution is 5.05. The molecule has 0 spiro atoms. The molecule has 1 nitrogen and oxygen atoms in total. The van der Waals surface area contributed by atoms with Crippen LogP contribution in [0.25, 0.3) is 0 Å². The summed E-state index contributed by atoms with van der Waals surface area (Å²) in [7, 11) is 0. The molecule has 0 aromatic rings. The lowest BCUT2D eigenvalue weighted by molar-refractivity contribution is -0.137. The number of hydrogen-bond donors (Lipinski definition) is 1. The summed E-state index contributed by atoms with van der Waals surface area (Å²) in [5.74, 6) is 2.35. The molecule has 2 bridgehead atoms. The minimum atomic E-state index is -0.658. The van der Waals surface area contributed by atoms with Crippen molar-refractivity contribution in [2.24, 2.45) is 40.4 Å². The van der Waals surface area contributed by atoms with Gasteiger partial charge in [0.2, 0.25) is 0 Å². The predicted octanol–water partition coefficient (Wildman–Crippen LogP) is 5.22. The lowest BCUT2D eigenvalue weighted by atomic mass is 9.47. The van der Waals surface area contributed by atoms with Crippen LogP contribution in [-0.4, -0.2) is 17.4 Å². The number of hydrogen-bond acceptors (Lipinski definition) is 1. The van der Waals surface area contributed by atoms with Gasteiger partial charge in [0.1, 0.15) is 6.17 Å². The number of fused-ring (bicyclic) bond motifs is 3. The van der Waals surface area contributed by atoms with Gasteiger partial charge >= 0.3 is 0 Å². The van der Waals surface area contributed by atoms with Crippen molar-refractivity contribution in [3.05, 3.63) is 0 Å². The van der Waals surface area contributed by atoms with Crippen molar-refractivity contribution in [3.63, 3.8) is 0 Å². The maximum Gasteiger partial charge on any atom is 0.104 e. The Kier molecular flexibility index (Phi) is 4.16. The minimum absolute atomic E-state index is 0.00144. The smallest absolute Gasteiger partial charge is 0.104 e. The molecule has 3 aliphatic carbocycles. The Morgan fingerprint density at radius 1 is 0.864 bits per heavy atom. The van der Waals surface area contributed by atoms with E-state index in [-0.39, 0.29) is 22.9 Å². The molecule has 22 heavy (non-hydrogen) atoms. The first-order valence-electron chi connectivity index (χ1n) is 9.50. The molecule has 3 fully saturated rings. The summed E-state index contributed by atoms with van der Waals surface area (Å²) in [6.07, 6.45) is 5.19. The minimum Gasteiger partial charge on any atom is -0.393 e. The van der Waals surface area contributed by atoms with Gasteiger partial charge in [-0.2, -0.15) is 0 Å². The average molecular weight is 310 g/mol. The van der Waals surface area contributed by atoms with E-state index in [1.54, 1.807) is 0 Å². The molecular weight excluding hydrogens is 275 g/mol. The Balaban J connectivity index is 1.98. The number of aliphatic hydroxyl groups excluding tert-OH is 1. The topological polar surface area (TPSA) is 20.2 Å². The molecule has 8 atom stereocenters. The van der Waals surface area contributed by atoms with E-state index in [0.717, 1.165) is 38.5 Å². The third-order valence-corrected chi connectivity index (χ3v) is 8.32. The van der Waals surface area contributed by atoms with Gasteiger partial charge in [-0.1, -0.05) is 34.6 Å². The highest BCUT2D eigenvalue weighted by atomic mass is 19.1. The van der Waals surface area contributed by atoms with E-state index in [1.165, 1.54) is 0 Å². The normalized spacial score (nSPS) is 55.0. The average Bonchev–Trinajstić information content (AvgIpc) is 2.40. The third-order valence-electron chi connectivity index (χ3n) is 8.32. The molecule has 0 aliphatic heterocycles. The molecule has 0 saturated heterocycles. The van der Waals surface area contributed by atoms with Crippen molar-refractivity contribution in [2.45, 2.75) is 85.4 Å². The van der Waals surface area contributed by atoms with Crippen molar-refractivity contribution in [3.8, 4) is 0 Å². The van der Waals surface area contributed by atoms with Crippen LogP contribution < -0.4 is 0 Å². The molecule has 0 heterocycles. The van der Waals surface area contributed by atoms with Crippen molar-refractivity contribution >= 4 is 0 Å². The Bertz CT molecular complexity index is 420. The molecule has 3 rings (SSSR count). The summed E-state index contributed by atoms with van der Waals surface area (Å²) in [6.45, 7) is 11.5. The van der Waals surface area contributed by atoms with Crippen molar-refractivity contribution in [2.75, 3.05) is 0 Å². The van der Waals surface area contributed by atoms with Crippen LogP contribution in [0, 0.1) is 40.4 Å². The molecule has 2 unspecified atom stereocenters. The Labute approximate surface area is 136 Å². The number of alkyl halides is 1. The lowest BCUT2D eigenvalue weighted by Gasteiger charge is -2.58. The zero-order chi connectivity index (χ0) is 16.3. The van der Waals surface area contributed by atoms with Crippen LogP contribution in [0.4, 0.5) is 4.39 Å². The van der Waals surface area contributed by atoms with Crippen LogP contribution in [0.2, 0.25) is 0 Å². The molecule has 0 aromatic carbocycles. The van der Waals surface area contributed by atoms with E-state index < -0.39 is 6.17 Å².